The van der Waals surface area contributed by atoms with Gasteiger partial charge in [-0.3, -0.25) is 9.59 Å². The van der Waals surface area contributed by atoms with E-state index in [1.165, 1.54) is 25.1 Å². The molecular weight excluding hydrogens is 325 g/mol. The smallest absolute Gasteiger partial charge is 0.338 e. The molecule has 130 valence electrons. The fourth-order valence-electron chi connectivity index (χ4n) is 2.21. The van der Waals surface area contributed by atoms with E-state index >= 15 is 0 Å². The average molecular weight is 343 g/mol. The predicted molar refractivity (Wildman–Crippen MR) is 89.4 cm³/mol. The Bertz CT molecular complexity index is 761. The lowest BCUT2D eigenvalue weighted by Gasteiger charge is -2.16. The largest absolute Gasteiger partial charge is 0.452 e. The maximum absolute atomic E-state index is 13.1. The van der Waals surface area contributed by atoms with Gasteiger partial charge in [0.1, 0.15) is 5.82 Å². The fourth-order valence-corrected chi connectivity index (χ4v) is 2.21. The van der Waals surface area contributed by atoms with Gasteiger partial charge >= 0.3 is 5.97 Å². The van der Waals surface area contributed by atoms with E-state index in [2.05, 4.69) is 5.32 Å². The molecule has 5 nitrogen and oxygen atoms in total. The molecule has 0 aromatic heterocycles. The van der Waals surface area contributed by atoms with Crippen molar-refractivity contribution in [1.82, 2.24) is 5.32 Å². The lowest BCUT2D eigenvalue weighted by Crippen LogP contribution is -2.43. The van der Waals surface area contributed by atoms with Crippen LogP contribution in [0.15, 0.2) is 54.6 Å². The summed E-state index contributed by atoms with van der Waals surface area (Å²) in [5.41, 5.74) is 0.917. The number of carbonyl (C=O) groups excluding carboxylic acids is 3. The molecule has 0 spiro atoms. The number of rotatable bonds is 7. The molecule has 0 aliphatic heterocycles. The van der Waals surface area contributed by atoms with Crippen molar-refractivity contribution >= 4 is 17.7 Å². The average Bonchev–Trinajstić information content (AvgIpc) is 2.60. The lowest BCUT2D eigenvalue weighted by molar-refractivity contribution is -0.128. The van der Waals surface area contributed by atoms with Gasteiger partial charge < -0.3 is 10.1 Å². The van der Waals surface area contributed by atoms with E-state index in [4.69, 9.17) is 4.74 Å². The highest BCUT2D eigenvalue weighted by Gasteiger charge is 2.19. The Morgan fingerprint density at radius 2 is 1.80 bits per heavy atom. The van der Waals surface area contributed by atoms with Crippen LogP contribution in [0.5, 0.6) is 0 Å². The molecule has 6 heteroatoms. The Morgan fingerprint density at radius 1 is 1.08 bits per heavy atom. The summed E-state index contributed by atoms with van der Waals surface area (Å²) in [5.74, 6) is -2.18. The molecule has 25 heavy (non-hydrogen) atoms. The SMILES string of the molecule is CC(=O)[C@@H](Cc1ccccc1)NC(=O)COC(=O)c1cccc(F)c1. The molecular formula is C19H18FNO4. The molecule has 0 saturated heterocycles. The number of esters is 1. The van der Waals surface area contributed by atoms with Gasteiger partial charge in [-0.05, 0) is 37.1 Å². The maximum atomic E-state index is 13.1. The van der Waals surface area contributed by atoms with Crippen LogP contribution in [-0.2, 0) is 20.7 Å². The van der Waals surface area contributed by atoms with Crippen LogP contribution in [0.1, 0.15) is 22.8 Å². The van der Waals surface area contributed by atoms with E-state index in [1.54, 1.807) is 0 Å². The second kappa shape index (κ2) is 8.73. The van der Waals surface area contributed by atoms with E-state index in [0.29, 0.717) is 6.42 Å². The van der Waals surface area contributed by atoms with Gasteiger partial charge in [0.05, 0.1) is 11.6 Å². The second-order valence-electron chi connectivity index (χ2n) is 5.51. The standard InChI is InChI=1S/C19H18FNO4/c1-13(22)17(10-14-6-3-2-4-7-14)21-18(23)12-25-19(24)15-8-5-9-16(20)11-15/h2-9,11,17H,10,12H2,1H3,(H,21,23)/t17-/m1/s1. The van der Waals surface area contributed by atoms with Crippen LogP contribution in [0, 0.1) is 5.82 Å². The molecule has 0 aliphatic carbocycles. The molecule has 1 N–H and O–H groups in total. The van der Waals surface area contributed by atoms with Crippen LogP contribution >= 0.6 is 0 Å². The minimum absolute atomic E-state index is 0.0141. The molecule has 0 bridgehead atoms. The first-order chi connectivity index (χ1) is 12.0. The highest BCUT2D eigenvalue weighted by molar-refractivity contribution is 5.92. The maximum Gasteiger partial charge on any atom is 0.338 e. The minimum atomic E-state index is -0.808. The topological polar surface area (TPSA) is 72.5 Å². The number of halogens is 1. The van der Waals surface area contributed by atoms with Gasteiger partial charge in [0, 0.05) is 0 Å². The number of hydrogen-bond acceptors (Lipinski definition) is 4. The van der Waals surface area contributed by atoms with Gasteiger partial charge in [0.15, 0.2) is 12.4 Å². The van der Waals surface area contributed by atoms with Crippen LogP contribution in [0.4, 0.5) is 4.39 Å². The highest BCUT2D eigenvalue weighted by atomic mass is 19.1. The Hall–Kier alpha value is -3.02. The van der Waals surface area contributed by atoms with E-state index in [-0.39, 0.29) is 11.3 Å². The third kappa shape index (κ3) is 5.84. The summed E-state index contributed by atoms with van der Waals surface area (Å²) in [6, 6.07) is 13.5. The first-order valence-electron chi connectivity index (χ1n) is 7.72. The molecule has 2 aromatic rings. The van der Waals surface area contributed by atoms with Gasteiger partial charge in [-0.15, -0.1) is 0 Å². The summed E-state index contributed by atoms with van der Waals surface area (Å²) < 4.78 is 17.9. The molecule has 1 atom stereocenters. The third-order valence-corrected chi connectivity index (χ3v) is 3.50. The number of benzene rings is 2. The Labute approximate surface area is 144 Å². The summed E-state index contributed by atoms with van der Waals surface area (Å²) in [7, 11) is 0. The highest BCUT2D eigenvalue weighted by Crippen LogP contribution is 2.06. The summed E-state index contributed by atoms with van der Waals surface area (Å²) in [6.07, 6.45) is 0.347. The Kier molecular flexibility index (Phi) is 6.39. The summed E-state index contributed by atoms with van der Waals surface area (Å²) in [6.45, 7) is 0.834. The zero-order valence-electron chi connectivity index (χ0n) is 13.7. The summed E-state index contributed by atoms with van der Waals surface area (Å²) in [5, 5.41) is 2.54. The minimum Gasteiger partial charge on any atom is -0.452 e. The Balaban J connectivity index is 1.88. The van der Waals surface area contributed by atoms with E-state index < -0.39 is 30.3 Å². The summed E-state index contributed by atoms with van der Waals surface area (Å²) >= 11 is 0. The third-order valence-electron chi connectivity index (χ3n) is 3.50. The Morgan fingerprint density at radius 3 is 2.44 bits per heavy atom. The van der Waals surface area contributed by atoms with E-state index in [1.807, 2.05) is 30.3 Å². The molecule has 0 unspecified atom stereocenters. The van der Waals surface area contributed by atoms with Crippen molar-refractivity contribution in [3.8, 4) is 0 Å². The molecule has 2 aromatic carbocycles. The molecule has 0 radical (unpaired) electrons. The van der Waals surface area contributed by atoms with Gasteiger partial charge in [0.2, 0.25) is 0 Å². The van der Waals surface area contributed by atoms with E-state index in [9.17, 15) is 18.8 Å². The molecule has 0 saturated carbocycles. The lowest BCUT2D eigenvalue weighted by atomic mass is 10.0. The number of Topliss-reactive ketones (excluding diaryl/α,β-unsaturated/α-hetero) is 1. The van der Waals surface area contributed by atoms with Gasteiger partial charge in [-0.25, -0.2) is 9.18 Å². The normalized spacial score (nSPS) is 11.4. The number of ether oxygens (including phenoxy) is 1. The van der Waals surface area contributed by atoms with Crippen molar-refractivity contribution in [2.75, 3.05) is 6.61 Å². The van der Waals surface area contributed by atoms with Crippen LogP contribution < -0.4 is 5.32 Å². The number of hydrogen-bond donors (Lipinski definition) is 1. The van der Waals surface area contributed by atoms with Crippen molar-refractivity contribution < 1.29 is 23.5 Å². The zero-order chi connectivity index (χ0) is 18.2. The van der Waals surface area contributed by atoms with E-state index in [0.717, 1.165) is 11.6 Å². The van der Waals surface area contributed by atoms with Crippen molar-refractivity contribution in [2.45, 2.75) is 19.4 Å². The monoisotopic (exact) mass is 343 g/mol. The molecule has 0 fully saturated rings. The predicted octanol–water partition coefficient (Wildman–Crippen LogP) is 2.30. The first kappa shape index (κ1) is 18.3. The fraction of sp³-hybridized carbons (Fsp3) is 0.211. The van der Waals surface area contributed by atoms with Crippen molar-refractivity contribution in [3.63, 3.8) is 0 Å². The van der Waals surface area contributed by atoms with Crippen LogP contribution in [0.3, 0.4) is 0 Å². The molecule has 0 heterocycles. The van der Waals surface area contributed by atoms with Crippen LogP contribution in [0.25, 0.3) is 0 Å². The number of ketones is 1. The first-order valence-corrected chi connectivity index (χ1v) is 7.72. The number of nitrogens with one attached hydrogen (secondary N) is 1. The summed E-state index contributed by atoms with van der Waals surface area (Å²) in [4.78, 5) is 35.4. The zero-order valence-corrected chi connectivity index (χ0v) is 13.7. The molecule has 2 rings (SSSR count). The van der Waals surface area contributed by atoms with Crippen molar-refractivity contribution in [3.05, 3.63) is 71.5 Å². The molecule has 1 amide bonds. The molecule has 0 aliphatic rings. The van der Waals surface area contributed by atoms with Crippen molar-refractivity contribution in [2.24, 2.45) is 0 Å². The van der Waals surface area contributed by atoms with Gasteiger partial charge in [-0.1, -0.05) is 36.4 Å². The van der Waals surface area contributed by atoms with Crippen LogP contribution in [0.2, 0.25) is 0 Å². The number of amides is 1. The second-order valence-corrected chi connectivity index (χ2v) is 5.51. The van der Waals surface area contributed by atoms with Crippen molar-refractivity contribution in [1.29, 1.82) is 0 Å². The van der Waals surface area contributed by atoms with Gasteiger partial charge in [0.25, 0.3) is 5.91 Å². The number of carbonyl (C=O) groups is 3. The van der Waals surface area contributed by atoms with Crippen LogP contribution in [-0.4, -0.2) is 30.3 Å². The quantitative estimate of drug-likeness (QED) is 0.783. The van der Waals surface area contributed by atoms with Gasteiger partial charge in [-0.2, -0.15) is 0 Å².